The standard InChI is InChI=1S/C23H34N4O4S/c1-6-12-25(13-7-2)32(29,30)23-17(3)24-27(18(23)4)16-22(28)26-14-8-9-19-15-20(31-5)10-11-21(19)26/h10-11,15H,6-9,12-14,16H2,1-5H3. The summed E-state index contributed by atoms with van der Waals surface area (Å²) in [4.78, 5) is 15.2. The van der Waals surface area contributed by atoms with Gasteiger partial charge in [-0.3, -0.25) is 9.48 Å². The molecule has 0 aliphatic carbocycles. The van der Waals surface area contributed by atoms with Crippen LogP contribution < -0.4 is 9.64 Å². The Hall–Kier alpha value is -2.39. The highest BCUT2D eigenvalue weighted by Crippen LogP contribution is 2.31. The summed E-state index contributed by atoms with van der Waals surface area (Å²) < 4.78 is 35.0. The van der Waals surface area contributed by atoms with E-state index in [1.165, 1.54) is 8.99 Å². The Kier molecular flexibility index (Phi) is 7.61. The van der Waals surface area contributed by atoms with Crippen LogP contribution in [-0.4, -0.2) is 55.2 Å². The number of aromatic nitrogens is 2. The molecule has 1 aromatic heterocycles. The molecule has 1 aromatic carbocycles. The minimum Gasteiger partial charge on any atom is -0.497 e. The number of hydrogen-bond acceptors (Lipinski definition) is 5. The Morgan fingerprint density at radius 1 is 1.19 bits per heavy atom. The molecule has 2 heterocycles. The first-order valence-electron chi connectivity index (χ1n) is 11.3. The van der Waals surface area contributed by atoms with E-state index in [1.807, 2.05) is 32.0 Å². The first-order valence-corrected chi connectivity index (χ1v) is 12.7. The molecular formula is C23H34N4O4S. The van der Waals surface area contributed by atoms with Gasteiger partial charge in [-0.15, -0.1) is 0 Å². The second-order valence-corrected chi connectivity index (χ2v) is 10.1. The van der Waals surface area contributed by atoms with Crippen molar-refractivity contribution in [2.45, 2.75) is 64.8 Å². The van der Waals surface area contributed by atoms with Crippen molar-refractivity contribution < 1.29 is 17.9 Å². The van der Waals surface area contributed by atoms with Gasteiger partial charge in [-0.1, -0.05) is 13.8 Å². The molecule has 2 aromatic rings. The predicted molar refractivity (Wildman–Crippen MR) is 125 cm³/mol. The molecule has 0 saturated carbocycles. The van der Waals surface area contributed by atoms with E-state index in [2.05, 4.69) is 5.10 Å². The smallest absolute Gasteiger partial charge is 0.248 e. The van der Waals surface area contributed by atoms with Crippen molar-refractivity contribution in [2.24, 2.45) is 0 Å². The molecule has 0 N–H and O–H groups in total. The van der Waals surface area contributed by atoms with Crippen molar-refractivity contribution in [1.82, 2.24) is 14.1 Å². The Morgan fingerprint density at radius 3 is 2.50 bits per heavy atom. The fraction of sp³-hybridized carbons (Fsp3) is 0.565. The molecule has 3 rings (SSSR count). The number of rotatable bonds is 9. The molecule has 9 heteroatoms. The third-order valence-corrected chi connectivity index (χ3v) is 8.00. The van der Waals surface area contributed by atoms with Gasteiger partial charge in [-0.25, -0.2) is 8.42 Å². The minimum absolute atomic E-state index is 0.00474. The molecule has 32 heavy (non-hydrogen) atoms. The predicted octanol–water partition coefficient (Wildman–Crippen LogP) is 3.30. The molecule has 0 spiro atoms. The highest BCUT2D eigenvalue weighted by atomic mass is 32.2. The van der Waals surface area contributed by atoms with Gasteiger partial charge in [-0.05, 0) is 63.3 Å². The van der Waals surface area contributed by atoms with Crippen molar-refractivity contribution >= 4 is 21.6 Å². The molecule has 1 amide bonds. The third kappa shape index (κ3) is 4.68. The number of aryl methyl sites for hydroxylation is 2. The Balaban J connectivity index is 1.88. The number of ether oxygens (including phenoxy) is 1. The molecule has 1 aliphatic heterocycles. The van der Waals surface area contributed by atoms with Crippen LogP contribution in [0, 0.1) is 13.8 Å². The summed E-state index contributed by atoms with van der Waals surface area (Å²) >= 11 is 0. The van der Waals surface area contributed by atoms with Crippen molar-refractivity contribution in [1.29, 1.82) is 0 Å². The van der Waals surface area contributed by atoms with Crippen molar-refractivity contribution in [3.63, 3.8) is 0 Å². The highest BCUT2D eigenvalue weighted by Gasteiger charge is 2.31. The Labute approximate surface area is 191 Å². The van der Waals surface area contributed by atoms with E-state index in [0.717, 1.165) is 42.7 Å². The van der Waals surface area contributed by atoms with Crippen molar-refractivity contribution in [2.75, 3.05) is 31.6 Å². The third-order valence-electron chi connectivity index (χ3n) is 5.85. The number of hydrogen-bond donors (Lipinski definition) is 0. The van der Waals surface area contributed by atoms with Gasteiger partial charge in [0, 0.05) is 25.3 Å². The number of nitrogens with zero attached hydrogens (tertiary/aromatic N) is 4. The number of benzene rings is 1. The molecule has 0 saturated heterocycles. The summed E-state index contributed by atoms with van der Waals surface area (Å²) in [5, 5.41) is 4.44. The van der Waals surface area contributed by atoms with Crippen molar-refractivity contribution in [3.05, 3.63) is 35.2 Å². The van der Waals surface area contributed by atoms with Crippen LogP contribution in [0.1, 0.15) is 50.1 Å². The number of methoxy groups -OCH3 is 1. The number of sulfonamides is 1. The van der Waals surface area contributed by atoms with Crippen LogP contribution in [0.3, 0.4) is 0 Å². The number of anilines is 1. The van der Waals surface area contributed by atoms with E-state index in [9.17, 15) is 13.2 Å². The van der Waals surface area contributed by atoms with Gasteiger partial charge in [0.1, 0.15) is 17.2 Å². The van der Waals surface area contributed by atoms with Crippen LogP contribution in [0.5, 0.6) is 5.75 Å². The lowest BCUT2D eigenvalue weighted by atomic mass is 10.0. The number of fused-ring (bicyclic) bond motifs is 1. The van der Waals surface area contributed by atoms with Crippen LogP contribution >= 0.6 is 0 Å². The lowest BCUT2D eigenvalue weighted by Crippen LogP contribution is -2.38. The summed E-state index contributed by atoms with van der Waals surface area (Å²) in [6, 6.07) is 5.74. The largest absolute Gasteiger partial charge is 0.497 e. The maximum Gasteiger partial charge on any atom is 0.248 e. The summed E-state index contributed by atoms with van der Waals surface area (Å²) in [5.41, 5.74) is 2.89. The van der Waals surface area contributed by atoms with Crippen LogP contribution in [-0.2, 0) is 27.8 Å². The first-order chi connectivity index (χ1) is 15.2. The van der Waals surface area contributed by atoms with E-state index in [1.54, 1.807) is 25.9 Å². The van der Waals surface area contributed by atoms with Crippen LogP contribution in [0.2, 0.25) is 0 Å². The second kappa shape index (κ2) is 10.0. The fourth-order valence-electron chi connectivity index (χ4n) is 4.36. The molecule has 1 aliphatic rings. The molecule has 8 nitrogen and oxygen atoms in total. The van der Waals surface area contributed by atoms with Gasteiger partial charge < -0.3 is 9.64 Å². The number of carbonyl (C=O) groups is 1. The monoisotopic (exact) mass is 462 g/mol. The molecule has 176 valence electrons. The summed E-state index contributed by atoms with van der Waals surface area (Å²) in [6.45, 7) is 8.90. The first kappa shape index (κ1) is 24.3. The maximum atomic E-state index is 13.3. The minimum atomic E-state index is -3.67. The van der Waals surface area contributed by atoms with Crippen LogP contribution in [0.25, 0.3) is 0 Å². The average Bonchev–Trinajstić information content (AvgIpc) is 3.05. The topological polar surface area (TPSA) is 84.7 Å². The van der Waals surface area contributed by atoms with E-state index in [-0.39, 0.29) is 17.3 Å². The van der Waals surface area contributed by atoms with E-state index < -0.39 is 10.0 Å². The zero-order valence-electron chi connectivity index (χ0n) is 19.7. The van der Waals surface area contributed by atoms with Gasteiger partial charge in [0.25, 0.3) is 0 Å². The zero-order chi connectivity index (χ0) is 23.5. The Bertz CT molecular complexity index is 1070. The van der Waals surface area contributed by atoms with Gasteiger partial charge in [0.15, 0.2) is 0 Å². The SMILES string of the molecule is CCCN(CCC)S(=O)(=O)c1c(C)nn(CC(=O)N2CCCc3cc(OC)ccc32)c1C. The normalized spacial score (nSPS) is 14.0. The van der Waals surface area contributed by atoms with E-state index in [0.29, 0.717) is 31.0 Å². The molecule has 0 bridgehead atoms. The fourth-order valence-corrected chi connectivity index (χ4v) is 6.36. The van der Waals surface area contributed by atoms with Gasteiger partial charge in [-0.2, -0.15) is 9.40 Å². The van der Waals surface area contributed by atoms with Crippen molar-refractivity contribution in [3.8, 4) is 5.75 Å². The van der Waals surface area contributed by atoms with Crippen LogP contribution in [0.4, 0.5) is 5.69 Å². The number of carbonyl (C=O) groups excluding carboxylic acids is 1. The maximum absolute atomic E-state index is 13.3. The lowest BCUT2D eigenvalue weighted by molar-refractivity contribution is -0.119. The summed E-state index contributed by atoms with van der Waals surface area (Å²) in [5.74, 6) is 0.666. The lowest BCUT2D eigenvalue weighted by Gasteiger charge is -2.30. The molecule has 0 unspecified atom stereocenters. The second-order valence-electron chi connectivity index (χ2n) is 8.21. The van der Waals surface area contributed by atoms with Gasteiger partial charge in [0.05, 0.1) is 18.5 Å². The van der Waals surface area contributed by atoms with E-state index >= 15 is 0 Å². The highest BCUT2D eigenvalue weighted by molar-refractivity contribution is 7.89. The summed E-state index contributed by atoms with van der Waals surface area (Å²) in [6.07, 6.45) is 3.24. The van der Waals surface area contributed by atoms with E-state index in [4.69, 9.17) is 4.74 Å². The Morgan fingerprint density at radius 2 is 1.88 bits per heavy atom. The molecule has 0 radical (unpaired) electrons. The van der Waals surface area contributed by atoms with Gasteiger partial charge >= 0.3 is 0 Å². The zero-order valence-corrected chi connectivity index (χ0v) is 20.5. The molecule has 0 fully saturated rings. The van der Waals surface area contributed by atoms with Gasteiger partial charge in [0.2, 0.25) is 15.9 Å². The van der Waals surface area contributed by atoms with Crippen LogP contribution in [0.15, 0.2) is 23.1 Å². The average molecular weight is 463 g/mol. The molecule has 0 atom stereocenters. The summed E-state index contributed by atoms with van der Waals surface area (Å²) in [7, 11) is -2.04. The number of amides is 1. The quantitative estimate of drug-likeness (QED) is 0.571. The molecular weight excluding hydrogens is 428 g/mol.